The van der Waals surface area contributed by atoms with Gasteiger partial charge in [-0.05, 0) is 67.8 Å². The molecular weight excluding hydrogens is 398 g/mol. The standard InChI is InChI=1S/C16H9Br2NO2/c17-13-7-10(8-14(18)16(13)21)4-5-15(20)12-3-1-2-11(6-12)9-19/h1-8,21H/b5-4+. The summed E-state index contributed by atoms with van der Waals surface area (Å²) in [6, 6.07) is 11.9. The molecule has 0 aliphatic heterocycles. The average molecular weight is 407 g/mol. The molecule has 2 aromatic rings. The Morgan fingerprint density at radius 2 is 1.86 bits per heavy atom. The van der Waals surface area contributed by atoms with Gasteiger partial charge in [0.05, 0.1) is 20.6 Å². The van der Waals surface area contributed by atoms with Gasteiger partial charge in [0.1, 0.15) is 5.75 Å². The normalized spacial score (nSPS) is 10.5. The summed E-state index contributed by atoms with van der Waals surface area (Å²) in [5, 5.41) is 18.5. The monoisotopic (exact) mass is 405 g/mol. The second-order valence-corrected chi connectivity index (χ2v) is 5.93. The van der Waals surface area contributed by atoms with Crippen molar-refractivity contribution in [2.45, 2.75) is 0 Å². The number of hydrogen-bond acceptors (Lipinski definition) is 3. The van der Waals surface area contributed by atoms with Crippen molar-refractivity contribution in [2.24, 2.45) is 0 Å². The van der Waals surface area contributed by atoms with Crippen molar-refractivity contribution in [3.8, 4) is 11.8 Å². The molecule has 5 heteroatoms. The van der Waals surface area contributed by atoms with E-state index in [9.17, 15) is 9.90 Å². The Bertz CT molecular complexity index is 753. The minimum atomic E-state index is -0.188. The number of aromatic hydroxyl groups is 1. The zero-order chi connectivity index (χ0) is 15.4. The molecule has 0 saturated carbocycles. The number of allylic oxidation sites excluding steroid dienone is 1. The van der Waals surface area contributed by atoms with Crippen LogP contribution in [0.25, 0.3) is 6.08 Å². The quantitative estimate of drug-likeness (QED) is 0.594. The highest BCUT2D eigenvalue weighted by Crippen LogP contribution is 2.33. The van der Waals surface area contributed by atoms with Crippen molar-refractivity contribution >= 4 is 43.7 Å². The molecule has 0 atom stereocenters. The summed E-state index contributed by atoms with van der Waals surface area (Å²) < 4.78 is 1.07. The van der Waals surface area contributed by atoms with E-state index in [2.05, 4.69) is 31.9 Å². The van der Waals surface area contributed by atoms with Gasteiger partial charge in [-0.3, -0.25) is 4.79 Å². The highest BCUT2D eigenvalue weighted by molar-refractivity contribution is 9.11. The van der Waals surface area contributed by atoms with E-state index in [1.54, 1.807) is 42.5 Å². The molecular formula is C16H9Br2NO2. The van der Waals surface area contributed by atoms with E-state index in [1.807, 2.05) is 6.07 Å². The molecule has 0 radical (unpaired) electrons. The number of benzene rings is 2. The fourth-order valence-electron chi connectivity index (χ4n) is 1.69. The van der Waals surface area contributed by atoms with Crippen LogP contribution in [0.5, 0.6) is 5.75 Å². The fraction of sp³-hybridized carbons (Fsp3) is 0. The minimum Gasteiger partial charge on any atom is -0.506 e. The third kappa shape index (κ3) is 3.81. The number of halogens is 2. The summed E-state index contributed by atoms with van der Waals surface area (Å²) in [7, 11) is 0. The lowest BCUT2D eigenvalue weighted by Gasteiger charge is -2.02. The van der Waals surface area contributed by atoms with Crippen molar-refractivity contribution in [1.29, 1.82) is 5.26 Å². The number of ketones is 1. The molecule has 3 nitrogen and oxygen atoms in total. The van der Waals surface area contributed by atoms with Crippen LogP contribution >= 0.6 is 31.9 Å². The smallest absolute Gasteiger partial charge is 0.185 e. The molecule has 0 fully saturated rings. The zero-order valence-corrected chi connectivity index (χ0v) is 13.8. The van der Waals surface area contributed by atoms with Crippen LogP contribution in [0.2, 0.25) is 0 Å². The van der Waals surface area contributed by atoms with Gasteiger partial charge < -0.3 is 5.11 Å². The van der Waals surface area contributed by atoms with E-state index in [-0.39, 0.29) is 11.5 Å². The third-order valence-electron chi connectivity index (χ3n) is 2.74. The Balaban J connectivity index is 2.25. The maximum absolute atomic E-state index is 12.1. The molecule has 0 spiro atoms. The van der Waals surface area contributed by atoms with Gasteiger partial charge in [-0.2, -0.15) is 5.26 Å². The summed E-state index contributed by atoms with van der Waals surface area (Å²) in [4.78, 5) is 12.1. The Morgan fingerprint density at radius 1 is 1.19 bits per heavy atom. The number of nitrogens with zero attached hydrogens (tertiary/aromatic N) is 1. The van der Waals surface area contributed by atoms with Crippen molar-refractivity contribution < 1.29 is 9.90 Å². The first-order valence-electron chi connectivity index (χ1n) is 5.92. The lowest BCUT2D eigenvalue weighted by molar-refractivity contribution is 0.104. The van der Waals surface area contributed by atoms with Gasteiger partial charge >= 0.3 is 0 Å². The van der Waals surface area contributed by atoms with Crippen LogP contribution in [0, 0.1) is 11.3 Å². The summed E-state index contributed by atoms with van der Waals surface area (Å²) in [6.45, 7) is 0. The van der Waals surface area contributed by atoms with Crippen LogP contribution in [0.4, 0.5) is 0 Å². The average Bonchev–Trinajstić information content (AvgIpc) is 2.50. The lowest BCUT2D eigenvalue weighted by Crippen LogP contribution is -1.94. The Hall–Kier alpha value is -1.90. The number of phenolic OH excluding ortho intramolecular Hbond substituents is 1. The molecule has 0 bridgehead atoms. The summed E-state index contributed by atoms with van der Waals surface area (Å²) in [6.07, 6.45) is 3.08. The van der Waals surface area contributed by atoms with Gasteiger partial charge in [-0.15, -0.1) is 0 Å². The van der Waals surface area contributed by atoms with Crippen LogP contribution in [0.1, 0.15) is 21.5 Å². The van der Waals surface area contributed by atoms with Crippen molar-refractivity contribution in [2.75, 3.05) is 0 Å². The van der Waals surface area contributed by atoms with Gasteiger partial charge in [0, 0.05) is 5.56 Å². The van der Waals surface area contributed by atoms with E-state index in [4.69, 9.17) is 5.26 Å². The van der Waals surface area contributed by atoms with Crippen LogP contribution in [-0.2, 0) is 0 Å². The van der Waals surface area contributed by atoms with Gasteiger partial charge in [0.25, 0.3) is 0 Å². The molecule has 0 amide bonds. The predicted octanol–water partition coefficient (Wildman–Crippen LogP) is 4.68. The molecule has 0 aromatic heterocycles. The molecule has 0 unspecified atom stereocenters. The second-order valence-electron chi connectivity index (χ2n) is 4.22. The topological polar surface area (TPSA) is 61.1 Å². The Labute approximate surface area is 138 Å². The van der Waals surface area contributed by atoms with Crippen LogP contribution < -0.4 is 0 Å². The summed E-state index contributed by atoms with van der Waals surface area (Å²) >= 11 is 6.47. The van der Waals surface area contributed by atoms with E-state index < -0.39 is 0 Å². The van der Waals surface area contributed by atoms with Crippen LogP contribution in [0.3, 0.4) is 0 Å². The zero-order valence-electron chi connectivity index (χ0n) is 10.7. The number of carbonyl (C=O) groups excluding carboxylic acids is 1. The Kier molecular flexibility index (Phi) is 4.94. The van der Waals surface area contributed by atoms with Gasteiger partial charge in [-0.25, -0.2) is 0 Å². The van der Waals surface area contributed by atoms with Crippen molar-refractivity contribution in [3.63, 3.8) is 0 Å². The summed E-state index contributed by atoms with van der Waals surface area (Å²) in [5.74, 6) is -0.0763. The van der Waals surface area contributed by atoms with Crippen LogP contribution in [-0.4, -0.2) is 10.9 Å². The molecule has 21 heavy (non-hydrogen) atoms. The highest BCUT2D eigenvalue weighted by Gasteiger charge is 2.06. The van der Waals surface area contributed by atoms with E-state index >= 15 is 0 Å². The van der Waals surface area contributed by atoms with Crippen molar-refractivity contribution in [1.82, 2.24) is 0 Å². The Morgan fingerprint density at radius 3 is 2.48 bits per heavy atom. The maximum Gasteiger partial charge on any atom is 0.185 e. The number of phenols is 1. The third-order valence-corrected chi connectivity index (χ3v) is 3.95. The SMILES string of the molecule is N#Cc1cccc(C(=O)/C=C/c2cc(Br)c(O)c(Br)c2)c1. The molecule has 2 rings (SSSR count). The van der Waals surface area contributed by atoms with Crippen molar-refractivity contribution in [3.05, 3.63) is 68.1 Å². The number of nitriles is 1. The highest BCUT2D eigenvalue weighted by atomic mass is 79.9. The van der Waals surface area contributed by atoms with Gasteiger partial charge in [0.15, 0.2) is 5.78 Å². The molecule has 2 aromatic carbocycles. The molecule has 0 aliphatic rings. The molecule has 0 aliphatic carbocycles. The first kappa shape index (κ1) is 15.5. The largest absolute Gasteiger partial charge is 0.506 e. The van der Waals surface area contributed by atoms with E-state index in [0.717, 1.165) is 5.56 Å². The predicted molar refractivity (Wildman–Crippen MR) is 88.0 cm³/mol. The maximum atomic E-state index is 12.1. The van der Waals surface area contributed by atoms with Gasteiger partial charge in [0.2, 0.25) is 0 Å². The van der Waals surface area contributed by atoms with E-state index in [1.165, 1.54) is 6.08 Å². The molecule has 104 valence electrons. The molecule has 1 N–H and O–H groups in total. The lowest BCUT2D eigenvalue weighted by atomic mass is 10.1. The van der Waals surface area contributed by atoms with E-state index in [0.29, 0.717) is 20.1 Å². The number of hydrogen-bond donors (Lipinski definition) is 1. The molecule has 0 saturated heterocycles. The second kappa shape index (κ2) is 6.70. The fourth-order valence-corrected chi connectivity index (χ4v) is 2.91. The van der Waals surface area contributed by atoms with Crippen LogP contribution in [0.15, 0.2) is 51.4 Å². The van der Waals surface area contributed by atoms with Gasteiger partial charge in [-0.1, -0.05) is 18.2 Å². The first-order chi connectivity index (χ1) is 10.0. The summed E-state index contributed by atoms with van der Waals surface area (Å²) in [5.41, 5.74) is 1.67. The molecule has 0 heterocycles. The minimum absolute atomic E-state index is 0.111. The first-order valence-corrected chi connectivity index (χ1v) is 7.50. The number of rotatable bonds is 3. The number of carbonyl (C=O) groups is 1.